The molecule has 3 aromatic rings. The number of nitrogens with zero attached hydrogens (tertiary/aromatic N) is 3. The summed E-state index contributed by atoms with van der Waals surface area (Å²) in [6.07, 6.45) is 0. The van der Waals surface area contributed by atoms with Gasteiger partial charge in [0.05, 0.1) is 16.8 Å². The van der Waals surface area contributed by atoms with Gasteiger partial charge in [-0.1, -0.05) is 23.5 Å². The molecule has 0 bridgehead atoms. The number of benzene rings is 2. The molecule has 0 spiro atoms. The molecule has 0 atom stereocenters. The quantitative estimate of drug-likeness (QED) is 0.679. The minimum absolute atomic E-state index is 0.00463. The SMILES string of the molecule is Cc1ccc2nc(NC(=O)CN3CCN(Cc4ccc5c(c4)OCO5)CC3)sc2c1. The predicted octanol–water partition coefficient (Wildman–Crippen LogP) is 3.09. The number of hydrogen-bond donors (Lipinski definition) is 1. The number of aryl methyl sites for hydroxylation is 1. The number of nitrogens with one attached hydrogen (secondary N) is 1. The van der Waals surface area contributed by atoms with Crippen molar-refractivity contribution in [3.8, 4) is 11.5 Å². The summed E-state index contributed by atoms with van der Waals surface area (Å²) in [5.41, 5.74) is 3.34. The first kappa shape index (κ1) is 19.3. The number of aromatic nitrogens is 1. The molecule has 8 heteroatoms. The zero-order valence-electron chi connectivity index (χ0n) is 16.9. The Morgan fingerprint density at radius 2 is 1.87 bits per heavy atom. The first-order valence-electron chi connectivity index (χ1n) is 10.1. The fourth-order valence-electron chi connectivity index (χ4n) is 3.85. The second kappa shape index (κ2) is 8.22. The lowest BCUT2D eigenvalue weighted by Gasteiger charge is -2.34. The lowest BCUT2D eigenvalue weighted by molar-refractivity contribution is -0.117. The second-order valence-electron chi connectivity index (χ2n) is 7.78. The van der Waals surface area contributed by atoms with Crippen LogP contribution in [0, 0.1) is 6.92 Å². The van der Waals surface area contributed by atoms with E-state index in [4.69, 9.17) is 9.47 Å². The van der Waals surface area contributed by atoms with E-state index < -0.39 is 0 Å². The molecule has 1 amide bonds. The lowest BCUT2D eigenvalue weighted by atomic mass is 10.1. The van der Waals surface area contributed by atoms with Gasteiger partial charge in [0.25, 0.3) is 0 Å². The van der Waals surface area contributed by atoms with Gasteiger partial charge in [0.2, 0.25) is 12.7 Å². The van der Waals surface area contributed by atoms with Crippen molar-refractivity contribution in [1.82, 2.24) is 14.8 Å². The van der Waals surface area contributed by atoms with E-state index in [1.165, 1.54) is 22.5 Å². The average molecular weight is 425 g/mol. The van der Waals surface area contributed by atoms with E-state index in [-0.39, 0.29) is 5.91 Å². The van der Waals surface area contributed by atoms with Crippen LogP contribution < -0.4 is 14.8 Å². The van der Waals surface area contributed by atoms with Crippen LogP contribution in [-0.4, -0.2) is 60.2 Å². The number of carbonyl (C=O) groups is 1. The Hall–Kier alpha value is -2.68. The van der Waals surface area contributed by atoms with Crippen LogP contribution in [0.3, 0.4) is 0 Å². The highest BCUT2D eigenvalue weighted by atomic mass is 32.1. The maximum Gasteiger partial charge on any atom is 0.240 e. The van der Waals surface area contributed by atoms with Crippen molar-refractivity contribution in [1.29, 1.82) is 0 Å². The van der Waals surface area contributed by atoms with E-state index in [0.717, 1.165) is 54.4 Å². The molecule has 1 fully saturated rings. The molecule has 1 saturated heterocycles. The zero-order valence-corrected chi connectivity index (χ0v) is 17.7. The van der Waals surface area contributed by atoms with E-state index in [0.29, 0.717) is 18.5 Å². The summed E-state index contributed by atoms with van der Waals surface area (Å²) in [6.45, 7) is 7.24. The summed E-state index contributed by atoms with van der Waals surface area (Å²) >= 11 is 1.52. The van der Waals surface area contributed by atoms with Crippen LogP contribution in [0.2, 0.25) is 0 Å². The third-order valence-corrected chi connectivity index (χ3v) is 6.40. The highest BCUT2D eigenvalue weighted by Crippen LogP contribution is 2.33. The molecule has 1 aromatic heterocycles. The van der Waals surface area contributed by atoms with E-state index in [9.17, 15) is 4.79 Å². The maximum absolute atomic E-state index is 12.5. The molecular formula is C22H24N4O3S. The number of fused-ring (bicyclic) bond motifs is 2. The number of rotatable bonds is 5. The van der Waals surface area contributed by atoms with Crippen molar-refractivity contribution in [2.45, 2.75) is 13.5 Å². The fourth-order valence-corrected chi connectivity index (χ4v) is 4.83. The molecule has 0 aliphatic carbocycles. The fraction of sp³-hybridized carbons (Fsp3) is 0.364. The summed E-state index contributed by atoms with van der Waals surface area (Å²) in [5, 5.41) is 3.63. The third-order valence-electron chi connectivity index (χ3n) is 5.47. The Morgan fingerprint density at radius 1 is 1.07 bits per heavy atom. The first-order valence-corrected chi connectivity index (χ1v) is 10.9. The minimum atomic E-state index is -0.00463. The van der Waals surface area contributed by atoms with Crippen LogP contribution in [0.5, 0.6) is 11.5 Å². The Labute approximate surface area is 179 Å². The minimum Gasteiger partial charge on any atom is -0.454 e. The average Bonchev–Trinajstić information content (AvgIpc) is 3.34. The normalized spacial score (nSPS) is 16.8. The van der Waals surface area contributed by atoms with Gasteiger partial charge in [0.15, 0.2) is 16.6 Å². The van der Waals surface area contributed by atoms with Gasteiger partial charge in [0.1, 0.15) is 0 Å². The number of amides is 1. The van der Waals surface area contributed by atoms with Crippen molar-refractivity contribution >= 4 is 32.6 Å². The van der Waals surface area contributed by atoms with Gasteiger partial charge in [-0.25, -0.2) is 4.98 Å². The molecule has 156 valence electrons. The Morgan fingerprint density at radius 3 is 2.73 bits per heavy atom. The molecule has 5 rings (SSSR count). The summed E-state index contributed by atoms with van der Waals surface area (Å²) < 4.78 is 11.9. The van der Waals surface area contributed by atoms with Gasteiger partial charge in [-0.2, -0.15) is 0 Å². The second-order valence-corrected chi connectivity index (χ2v) is 8.81. The van der Waals surface area contributed by atoms with Crippen molar-refractivity contribution in [3.63, 3.8) is 0 Å². The summed E-state index contributed by atoms with van der Waals surface area (Å²) in [7, 11) is 0. The molecule has 0 saturated carbocycles. The van der Waals surface area contributed by atoms with Gasteiger partial charge < -0.3 is 14.8 Å². The molecule has 0 unspecified atom stereocenters. The first-order chi connectivity index (χ1) is 14.6. The van der Waals surface area contributed by atoms with Crippen LogP contribution in [0.4, 0.5) is 5.13 Å². The summed E-state index contributed by atoms with van der Waals surface area (Å²) in [4.78, 5) is 21.6. The number of thiazole rings is 1. The number of ether oxygens (including phenoxy) is 2. The van der Waals surface area contributed by atoms with Gasteiger partial charge in [-0.05, 0) is 42.3 Å². The Balaban J connectivity index is 1.11. The number of piperazine rings is 1. The van der Waals surface area contributed by atoms with E-state index >= 15 is 0 Å². The van der Waals surface area contributed by atoms with Crippen molar-refractivity contribution in [2.24, 2.45) is 0 Å². The topological polar surface area (TPSA) is 66.9 Å². The van der Waals surface area contributed by atoms with Crippen LogP contribution in [0.25, 0.3) is 10.2 Å². The van der Waals surface area contributed by atoms with E-state index in [2.05, 4.69) is 45.2 Å². The predicted molar refractivity (Wildman–Crippen MR) is 117 cm³/mol. The molecule has 30 heavy (non-hydrogen) atoms. The van der Waals surface area contributed by atoms with Crippen molar-refractivity contribution in [2.75, 3.05) is 44.8 Å². The van der Waals surface area contributed by atoms with E-state index in [1.54, 1.807) is 0 Å². The standard InChI is InChI=1S/C22H24N4O3S/c1-15-2-4-17-20(10-15)30-22(23-17)24-21(27)13-26-8-6-25(7-9-26)12-16-3-5-18-19(11-16)29-14-28-18/h2-5,10-11H,6-9,12-14H2,1H3,(H,23,24,27). The Kier molecular flexibility index (Phi) is 5.28. The smallest absolute Gasteiger partial charge is 0.240 e. The van der Waals surface area contributed by atoms with Crippen molar-refractivity contribution in [3.05, 3.63) is 47.5 Å². The van der Waals surface area contributed by atoms with E-state index in [1.807, 2.05) is 18.2 Å². The third kappa shape index (κ3) is 4.26. The summed E-state index contributed by atoms with van der Waals surface area (Å²) in [5.74, 6) is 1.64. The highest BCUT2D eigenvalue weighted by molar-refractivity contribution is 7.22. The van der Waals surface area contributed by atoms with Gasteiger partial charge in [-0.15, -0.1) is 0 Å². The molecule has 2 aliphatic heterocycles. The lowest BCUT2D eigenvalue weighted by Crippen LogP contribution is -2.48. The van der Waals surface area contributed by atoms with Crippen LogP contribution in [-0.2, 0) is 11.3 Å². The maximum atomic E-state index is 12.5. The van der Waals surface area contributed by atoms with Gasteiger partial charge >= 0.3 is 0 Å². The number of hydrogen-bond acceptors (Lipinski definition) is 7. The number of anilines is 1. The molecule has 2 aliphatic rings. The summed E-state index contributed by atoms with van der Waals surface area (Å²) in [6, 6.07) is 12.3. The van der Waals surface area contributed by atoms with Crippen LogP contribution in [0.1, 0.15) is 11.1 Å². The van der Waals surface area contributed by atoms with Crippen LogP contribution >= 0.6 is 11.3 Å². The van der Waals surface area contributed by atoms with Crippen LogP contribution in [0.15, 0.2) is 36.4 Å². The molecule has 1 N–H and O–H groups in total. The largest absolute Gasteiger partial charge is 0.454 e. The number of carbonyl (C=O) groups excluding carboxylic acids is 1. The molecule has 0 radical (unpaired) electrons. The highest BCUT2D eigenvalue weighted by Gasteiger charge is 2.21. The molecule has 7 nitrogen and oxygen atoms in total. The monoisotopic (exact) mass is 424 g/mol. The zero-order chi connectivity index (χ0) is 20.5. The molecule has 3 heterocycles. The van der Waals surface area contributed by atoms with Gasteiger partial charge in [-0.3, -0.25) is 14.6 Å². The van der Waals surface area contributed by atoms with Crippen molar-refractivity contribution < 1.29 is 14.3 Å². The molecule has 2 aromatic carbocycles. The van der Waals surface area contributed by atoms with Gasteiger partial charge in [0, 0.05) is 32.7 Å². The Bertz CT molecular complexity index is 1080. The molecular weight excluding hydrogens is 400 g/mol.